The highest BCUT2D eigenvalue weighted by molar-refractivity contribution is 7.13. The molecule has 1 amide bonds. The van der Waals surface area contributed by atoms with Crippen LogP contribution in [-0.2, 0) is 4.74 Å². The van der Waals surface area contributed by atoms with Gasteiger partial charge in [-0.15, -0.1) is 11.3 Å². The van der Waals surface area contributed by atoms with E-state index in [1.165, 1.54) is 0 Å². The Morgan fingerprint density at radius 3 is 2.66 bits per heavy atom. The molecule has 8 heteroatoms. The highest BCUT2D eigenvalue weighted by Gasteiger charge is 2.29. The molecule has 1 aromatic carbocycles. The van der Waals surface area contributed by atoms with Crippen LogP contribution in [0.2, 0.25) is 0 Å². The number of hydrogen-bond donors (Lipinski definition) is 1. The fourth-order valence-electron chi connectivity index (χ4n) is 4.40. The number of amides is 1. The molecule has 4 heterocycles. The van der Waals surface area contributed by atoms with Crippen molar-refractivity contribution >= 4 is 34.0 Å². The van der Waals surface area contributed by atoms with Crippen molar-refractivity contribution in [1.82, 2.24) is 19.5 Å². The van der Waals surface area contributed by atoms with Crippen LogP contribution in [0, 0.1) is 0 Å². The third-order valence-corrected chi connectivity index (χ3v) is 6.72. The standard InChI is InChI=1S/C24H26N4O3S/c1-24(2,3)31-23(30)27-11-9-15(10-12-27)18-14-20(29)25-22-21-16(19-8-5-13-32-19)6-4-7-17(21)26-28(18)22/h4-8,13-15H,9-12H2,1-3H3,(H,25,29). The van der Waals surface area contributed by atoms with Gasteiger partial charge in [0.25, 0.3) is 5.56 Å². The number of hydrogen-bond acceptors (Lipinski definition) is 5. The quantitative estimate of drug-likeness (QED) is 0.465. The van der Waals surface area contributed by atoms with Crippen LogP contribution >= 0.6 is 11.3 Å². The van der Waals surface area contributed by atoms with Crippen molar-refractivity contribution in [3.05, 3.63) is 57.8 Å². The number of likely N-dealkylation sites (tertiary alicyclic amines) is 1. The van der Waals surface area contributed by atoms with Crippen molar-refractivity contribution in [3.8, 4) is 10.4 Å². The molecule has 166 valence electrons. The van der Waals surface area contributed by atoms with Gasteiger partial charge < -0.3 is 14.6 Å². The van der Waals surface area contributed by atoms with Gasteiger partial charge in [0.2, 0.25) is 0 Å². The molecule has 0 unspecified atom stereocenters. The van der Waals surface area contributed by atoms with Gasteiger partial charge in [0.1, 0.15) is 11.2 Å². The van der Waals surface area contributed by atoms with E-state index in [0.717, 1.165) is 45.5 Å². The van der Waals surface area contributed by atoms with Crippen molar-refractivity contribution in [2.75, 3.05) is 13.1 Å². The van der Waals surface area contributed by atoms with Crippen molar-refractivity contribution in [3.63, 3.8) is 0 Å². The zero-order valence-corrected chi connectivity index (χ0v) is 19.2. The average Bonchev–Trinajstić information content (AvgIpc) is 3.40. The molecular weight excluding hydrogens is 424 g/mol. The van der Waals surface area contributed by atoms with Crippen LogP contribution in [0.25, 0.3) is 27.0 Å². The molecule has 1 N–H and O–H groups in total. The number of nitrogens with zero attached hydrogens (tertiary/aromatic N) is 3. The van der Waals surface area contributed by atoms with E-state index in [4.69, 9.17) is 9.84 Å². The van der Waals surface area contributed by atoms with Crippen molar-refractivity contribution in [1.29, 1.82) is 0 Å². The van der Waals surface area contributed by atoms with Crippen LogP contribution in [0.1, 0.15) is 45.2 Å². The molecule has 0 radical (unpaired) electrons. The number of carbonyl (C=O) groups is 1. The van der Waals surface area contributed by atoms with Crippen LogP contribution in [-0.4, -0.2) is 44.3 Å². The number of rotatable bonds is 2. The Balaban J connectivity index is 1.51. The van der Waals surface area contributed by atoms with E-state index in [-0.39, 0.29) is 17.6 Å². The number of aromatic amines is 1. The lowest BCUT2D eigenvalue weighted by Crippen LogP contribution is -2.41. The Morgan fingerprint density at radius 1 is 1.19 bits per heavy atom. The van der Waals surface area contributed by atoms with Gasteiger partial charge in [0.15, 0.2) is 0 Å². The molecule has 0 bridgehead atoms. The summed E-state index contributed by atoms with van der Waals surface area (Å²) in [5.74, 6) is 0.137. The first-order valence-electron chi connectivity index (χ1n) is 10.9. The minimum Gasteiger partial charge on any atom is -0.444 e. The normalized spacial score (nSPS) is 15.5. The molecule has 1 saturated heterocycles. The summed E-state index contributed by atoms with van der Waals surface area (Å²) in [5.41, 5.74) is 2.89. The van der Waals surface area contributed by atoms with Crippen LogP contribution in [0.3, 0.4) is 0 Å². The fourth-order valence-corrected chi connectivity index (χ4v) is 5.16. The summed E-state index contributed by atoms with van der Waals surface area (Å²) in [6, 6.07) is 11.8. The number of nitrogens with one attached hydrogen (secondary N) is 1. The number of H-pyrrole nitrogens is 1. The largest absolute Gasteiger partial charge is 0.444 e. The van der Waals surface area contributed by atoms with Gasteiger partial charge in [0, 0.05) is 35.5 Å². The Hall–Kier alpha value is -3.13. The van der Waals surface area contributed by atoms with Gasteiger partial charge in [-0.3, -0.25) is 4.79 Å². The Morgan fingerprint density at radius 2 is 1.97 bits per heavy atom. The van der Waals surface area contributed by atoms with Gasteiger partial charge >= 0.3 is 6.09 Å². The van der Waals surface area contributed by atoms with Gasteiger partial charge in [-0.25, -0.2) is 9.31 Å². The number of thiophene rings is 1. The number of benzene rings is 1. The molecular formula is C24H26N4O3S. The molecule has 4 aromatic rings. The topological polar surface area (TPSA) is 79.7 Å². The molecule has 0 saturated carbocycles. The second kappa shape index (κ2) is 7.78. The molecule has 0 atom stereocenters. The molecule has 1 aliphatic heterocycles. The Bertz CT molecular complexity index is 1340. The maximum absolute atomic E-state index is 12.6. The second-order valence-corrected chi connectivity index (χ2v) is 10.2. The summed E-state index contributed by atoms with van der Waals surface area (Å²) in [6.07, 6.45) is 1.23. The number of piperidine rings is 1. The lowest BCUT2D eigenvalue weighted by molar-refractivity contribution is 0.0203. The maximum atomic E-state index is 12.6. The molecule has 5 rings (SSSR count). The Kier molecular flexibility index (Phi) is 5.04. The number of carbonyl (C=O) groups excluding carboxylic acids is 1. The minimum absolute atomic E-state index is 0.134. The smallest absolute Gasteiger partial charge is 0.410 e. The van der Waals surface area contributed by atoms with E-state index in [2.05, 4.69) is 17.1 Å². The zero-order chi connectivity index (χ0) is 22.5. The van der Waals surface area contributed by atoms with Gasteiger partial charge in [-0.1, -0.05) is 18.2 Å². The third kappa shape index (κ3) is 3.79. The first-order chi connectivity index (χ1) is 15.3. The van der Waals surface area contributed by atoms with Crippen molar-refractivity contribution in [2.45, 2.75) is 45.1 Å². The van der Waals surface area contributed by atoms with E-state index >= 15 is 0 Å². The molecule has 1 aliphatic rings. The highest BCUT2D eigenvalue weighted by Crippen LogP contribution is 2.35. The second-order valence-electron chi connectivity index (χ2n) is 9.24. The van der Waals surface area contributed by atoms with Gasteiger partial charge in [-0.2, -0.15) is 5.10 Å². The molecule has 0 spiro atoms. The third-order valence-electron chi connectivity index (χ3n) is 5.82. The maximum Gasteiger partial charge on any atom is 0.410 e. The minimum atomic E-state index is -0.512. The first kappa shape index (κ1) is 20.8. The summed E-state index contributed by atoms with van der Waals surface area (Å²) >= 11 is 1.67. The summed E-state index contributed by atoms with van der Waals surface area (Å²) < 4.78 is 7.40. The van der Waals surface area contributed by atoms with Crippen molar-refractivity contribution in [2.24, 2.45) is 0 Å². The summed E-state index contributed by atoms with van der Waals surface area (Å²) in [5, 5.41) is 7.86. The van der Waals surface area contributed by atoms with E-state index in [9.17, 15) is 9.59 Å². The van der Waals surface area contributed by atoms with Crippen LogP contribution in [0.4, 0.5) is 4.79 Å². The lowest BCUT2D eigenvalue weighted by atomic mass is 9.93. The Labute approximate surface area is 189 Å². The van der Waals surface area contributed by atoms with E-state index in [1.54, 1.807) is 22.3 Å². The number of ether oxygens (including phenoxy) is 1. The van der Waals surface area contributed by atoms with Crippen LogP contribution in [0.5, 0.6) is 0 Å². The molecule has 0 aliphatic carbocycles. The highest BCUT2D eigenvalue weighted by atomic mass is 32.1. The monoisotopic (exact) mass is 450 g/mol. The molecule has 1 fully saturated rings. The van der Waals surface area contributed by atoms with E-state index in [0.29, 0.717) is 13.1 Å². The number of aromatic nitrogens is 3. The average molecular weight is 451 g/mol. The summed E-state index contributed by atoms with van der Waals surface area (Å²) in [6.45, 7) is 6.80. The summed E-state index contributed by atoms with van der Waals surface area (Å²) in [4.78, 5) is 31.0. The van der Waals surface area contributed by atoms with E-state index in [1.807, 2.05) is 48.9 Å². The van der Waals surface area contributed by atoms with Crippen molar-refractivity contribution < 1.29 is 9.53 Å². The van der Waals surface area contributed by atoms with E-state index < -0.39 is 5.60 Å². The fraction of sp³-hybridized carbons (Fsp3) is 0.375. The molecule has 32 heavy (non-hydrogen) atoms. The van der Waals surface area contributed by atoms with Gasteiger partial charge in [-0.05, 0) is 51.1 Å². The predicted molar refractivity (Wildman–Crippen MR) is 126 cm³/mol. The zero-order valence-electron chi connectivity index (χ0n) is 18.4. The predicted octanol–water partition coefficient (Wildman–Crippen LogP) is 5.02. The molecule has 7 nitrogen and oxygen atoms in total. The molecule has 3 aromatic heterocycles. The summed E-state index contributed by atoms with van der Waals surface area (Å²) in [7, 11) is 0. The van der Waals surface area contributed by atoms with Crippen LogP contribution in [0.15, 0.2) is 46.6 Å². The lowest BCUT2D eigenvalue weighted by Gasteiger charge is -2.33. The first-order valence-corrected chi connectivity index (χ1v) is 11.7. The van der Waals surface area contributed by atoms with Gasteiger partial charge in [0.05, 0.1) is 16.6 Å². The SMILES string of the molecule is CC(C)(C)OC(=O)N1CCC(c2cc(=O)[nH]c3c4c(-c5cccs5)cccc4nn23)CC1. The van der Waals surface area contributed by atoms with Crippen LogP contribution < -0.4 is 5.56 Å². The number of fused-ring (bicyclic) bond motifs is 3.